The highest BCUT2D eigenvalue weighted by Crippen LogP contribution is 2.29. The van der Waals surface area contributed by atoms with Crippen LogP contribution >= 0.6 is 11.3 Å². The molecule has 20 heavy (non-hydrogen) atoms. The Balaban J connectivity index is 2.13. The summed E-state index contributed by atoms with van der Waals surface area (Å²) >= 11 is 1.85. The lowest BCUT2D eigenvalue weighted by molar-refractivity contribution is 0.397. The number of hydrogen-bond donors (Lipinski definition) is 1. The fourth-order valence-electron chi connectivity index (χ4n) is 2.41. The van der Waals surface area contributed by atoms with E-state index in [1.807, 2.05) is 11.3 Å². The minimum absolute atomic E-state index is 0.253. The zero-order valence-electron chi connectivity index (χ0n) is 12.9. The van der Waals surface area contributed by atoms with Crippen LogP contribution in [0.1, 0.15) is 46.8 Å². The van der Waals surface area contributed by atoms with Gasteiger partial charge in [-0.1, -0.05) is 12.1 Å². The van der Waals surface area contributed by atoms with E-state index >= 15 is 0 Å². The van der Waals surface area contributed by atoms with E-state index < -0.39 is 0 Å². The van der Waals surface area contributed by atoms with Crippen molar-refractivity contribution < 1.29 is 4.74 Å². The lowest BCUT2D eigenvalue weighted by Gasteiger charge is -2.21. The molecular formula is C17H23NOS. The van der Waals surface area contributed by atoms with Gasteiger partial charge in [0.1, 0.15) is 5.75 Å². The molecule has 2 unspecified atom stereocenters. The maximum atomic E-state index is 5.50. The van der Waals surface area contributed by atoms with E-state index in [9.17, 15) is 0 Å². The molecule has 1 aromatic carbocycles. The van der Waals surface area contributed by atoms with E-state index in [-0.39, 0.29) is 6.04 Å². The third-order valence-electron chi connectivity index (χ3n) is 3.54. The fraction of sp³-hybridized carbons (Fsp3) is 0.412. The highest BCUT2D eigenvalue weighted by Gasteiger charge is 2.15. The maximum Gasteiger partial charge on any atom is 0.123 e. The van der Waals surface area contributed by atoms with E-state index in [1.165, 1.54) is 20.9 Å². The molecule has 0 saturated heterocycles. The van der Waals surface area contributed by atoms with Gasteiger partial charge in [-0.15, -0.1) is 11.3 Å². The largest absolute Gasteiger partial charge is 0.496 e. The quantitative estimate of drug-likeness (QED) is 0.855. The molecule has 0 amide bonds. The lowest BCUT2D eigenvalue weighted by atomic mass is 10.0. The third-order valence-corrected chi connectivity index (χ3v) is 4.73. The number of thiophene rings is 1. The van der Waals surface area contributed by atoms with Crippen LogP contribution < -0.4 is 10.1 Å². The van der Waals surface area contributed by atoms with Crippen LogP contribution in [0.4, 0.5) is 0 Å². The van der Waals surface area contributed by atoms with Crippen LogP contribution in [-0.4, -0.2) is 7.11 Å². The summed E-state index contributed by atoms with van der Waals surface area (Å²) in [5.41, 5.74) is 2.43. The minimum Gasteiger partial charge on any atom is -0.496 e. The standard InChI is InChI=1S/C17H23NOS/c1-11-6-8-15(16(10-11)19-5)13(3)18-14(4)17-9-7-12(2)20-17/h6-10,13-14,18H,1-5H3. The molecule has 2 nitrogen and oxygen atoms in total. The number of aryl methyl sites for hydroxylation is 2. The van der Waals surface area contributed by atoms with Crippen molar-refractivity contribution in [2.75, 3.05) is 7.11 Å². The first-order valence-corrected chi connectivity index (χ1v) is 7.80. The first-order valence-electron chi connectivity index (χ1n) is 6.98. The van der Waals surface area contributed by atoms with Gasteiger partial charge in [-0.2, -0.15) is 0 Å². The summed E-state index contributed by atoms with van der Waals surface area (Å²) in [7, 11) is 1.73. The number of rotatable bonds is 5. The Bertz CT molecular complexity index is 576. The van der Waals surface area contributed by atoms with Crippen molar-refractivity contribution in [3.05, 3.63) is 51.2 Å². The van der Waals surface area contributed by atoms with Crippen molar-refractivity contribution in [1.29, 1.82) is 0 Å². The van der Waals surface area contributed by atoms with E-state index in [4.69, 9.17) is 4.74 Å². The van der Waals surface area contributed by atoms with Crippen molar-refractivity contribution in [1.82, 2.24) is 5.32 Å². The average Bonchev–Trinajstić information content (AvgIpc) is 2.85. The van der Waals surface area contributed by atoms with Gasteiger partial charge in [-0.25, -0.2) is 0 Å². The molecule has 0 aliphatic heterocycles. The fourth-order valence-corrected chi connectivity index (χ4v) is 3.30. The first kappa shape index (κ1) is 15.1. The molecule has 0 spiro atoms. The summed E-state index contributed by atoms with van der Waals surface area (Å²) in [5, 5.41) is 3.65. The van der Waals surface area contributed by atoms with E-state index in [0.29, 0.717) is 6.04 Å². The van der Waals surface area contributed by atoms with Crippen molar-refractivity contribution in [2.24, 2.45) is 0 Å². The number of hydrogen-bond acceptors (Lipinski definition) is 3. The van der Waals surface area contributed by atoms with Gasteiger partial charge >= 0.3 is 0 Å². The Kier molecular flexibility index (Phi) is 4.84. The molecule has 0 radical (unpaired) electrons. The van der Waals surface area contributed by atoms with Crippen LogP contribution in [0.5, 0.6) is 5.75 Å². The topological polar surface area (TPSA) is 21.3 Å². The average molecular weight is 289 g/mol. The number of nitrogens with one attached hydrogen (secondary N) is 1. The molecule has 0 aliphatic rings. The molecule has 0 saturated carbocycles. The lowest BCUT2D eigenvalue weighted by Crippen LogP contribution is -2.22. The van der Waals surface area contributed by atoms with Gasteiger partial charge in [0.05, 0.1) is 7.11 Å². The normalized spacial score (nSPS) is 14.1. The predicted molar refractivity (Wildman–Crippen MR) is 86.8 cm³/mol. The van der Waals surface area contributed by atoms with Crippen molar-refractivity contribution in [3.8, 4) is 5.75 Å². The van der Waals surface area contributed by atoms with E-state index in [2.05, 4.69) is 63.3 Å². The molecular weight excluding hydrogens is 266 g/mol. The van der Waals surface area contributed by atoms with Crippen LogP contribution in [0.2, 0.25) is 0 Å². The van der Waals surface area contributed by atoms with Crippen LogP contribution in [0.15, 0.2) is 30.3 Å². The Morgan fingerprint density at radius 2 is 1.80 bits per heavy atom. The van der Waals surface area contributed by atoms with Gasteiger partial charge in [-0.3, -0.25) is 0 Å². The zero-order valence-corrected chi connectivity index (χ0v) is 13.7. The summed E-state index contributed by atoms with van der Waals surface area (Å²) in [4.78, 5) is 2.73. The molecule has 0 bridgehead atoms. The maximum absolute atomic E-state index is 5.50. The SMILES string of the molecule is COc1cc(C)ccc1C(C)NC(C)c1ccc(C)s1. The van der Waals surface area contributed by atoms with Crippen LogP contribution in [-0.2, 0) is 0 Å². The molecule has 0 aliphatic carbocycles. The van der Waals surface area contributed by atoms with Gasteiger partial charge in [0, 0.05) is 27.4 Å². The molecule has 1 N–H and O–H groups in total. The van der Waals surface area contributed by atoms with Crippen molar-refractivity contribution >= 4 is 11.3 Å². The molecule has 2 atom stereocenters. The number of ether oxygens (including phenoxy) is 1. The van der Waals surface area contributed by atoms with E-state index in [1.54, 1.807) is 7.11 Å². The Hall–Kier alpha value is -1.32. The van der Waals surface area contributed by atoms with Crippen LogP contribution in [0.3, 0.4) is 0 Å². The Morgan fingerprint density at radius 1 is 1.05 bits per heavy atom. The summed E-state index contributed by atoms with van der Waals surface area (Å²) in [6, 6.07) is 11.4. The smallest absolute Gasteiger partial charge is 0.123 e. The van der Waals surface area contributed by atoms with Gasteiger partial charge < -0.3 is 10.1 Å². The van der Waals surface area contributed by atoms with Gasteiger partial charge in [0.2, 0.25) is 0 Å². The van der Waals surface area contributed by atoms with Crippen molar-refractivity contribution in [2.45, 2.75) is 39.8 Å². The molecule has 2 rings (SSSR count). The number of benzene rings is 1. The van der Waals surface area contributed by atoms with Crippen molar-refractivity contribution in [3.63, 3.8) is 0 Å². The Morgan fingerprint density at radius 3 is 2.40 bits per heavy atom. The molecule has 0 fully saturated rings. The molecule has 3 heteroatoms. The molecule has 2 aromatic rings. The Labute approximate surface area is 125 Å². The molecule has 1 heterocycles. The van der Waals surface area contributed by atoms with Gasteiger partial charge in [-0.05, 0) is 51.5 Å². The van der Waals surface area contributed by atoms with Gasteiger partial charge in [0.25, 0.3) is 0 Å². The summed E-state index contributed by atoms with van der Waals surface area (Å²) in [6.45, 7) is 8.63. The van der Waals surface area contributed by atoms with Crippen LogP contribution in [0, 0.1) is 13.8 Å². The monoisotopic (exact) mass is 289 g/mol. The first-order chi connectivity index (χ1) is 9.51. The van der Waals surface area contributed by atoms with E-state index in [0.717, 1.165) is 5.75 Å². The second kappa shape index (κ2) is 6.42. The summed E-state index contributed by atoms with van der Waals surface area (Å²) < 4.78 is 5.50. The summed E-state index contributed by atoms with van der Waals surface area (Å²) in [6.07, 6.45) is 0. The van der Waals surface area contributed by atoms with Crippen LogP contribution in [0.25, 0.3) is 0 Å². The zero-order chi connectivity index (χ0) is 14.7. The molecule has 108 valence electrons. The number of methoxy groups -OCH3 is 1. The second-order valence-electron chi connectivity index (χ2n) is 5.30. The molecule has 1 aromatic heterocycles. The predicted octanol–water partition coefficient (Wildman–Crippen LogP) is 4.79. The second-order valence-corrected chi connectivity index (χ2v) is 6.62. The highest BCUT2D eigenvalue weighted by molar-refractivity contribution is 7.12. The highest BCUT2D eigenvalue weighted by atomic mass is 32.1. The minimum atomic E-state index is 0.253. The summed E-state index contributed by atoms with van der Waals surface area (Å²) in [5.74, 6) is 0.958. The van der Waals surface area contributed by atoms with Gasteiger partial charge in [0.15, 0.2) is 0 Å². The third kappa shape index (κ3) is 3.41.